The second-order valence-corrected chi connectivity index (χ2v) is 14.4. The molecule has 2 heterocycles. The average Bonchev–Trinajstić information content (AvgIpc) is 3.78. The lowest BCUT2D eigenvalue weighted by atomic mass is 10.0. The third-order valence-corrected chi connectivity index (χ3v) is 10.8. The van der Waals surface area contributed by atoms with E-state index in [1.807, 2.05) is 70.5 Å². The van der Waals surface area contributed by atoms with Gasteiger partial charge in [0.2, 0.25) is 0 Å². The van der Waals surface area contributed by atoms with Crippen LogP contribution in [0.4, 0.5) is 51.7 Å². The van der Waals surface area contributed by atoms with Crippen molar-refractivity contribution in [1.82, 2.24) is 0 Å². The molecular formula is C50H28F4N2O2. The molecule has 0 spiro atoms. The summed E-state index contributed by atoms with van der Waals surface area (Å²) < 4.78 is 68.8. The summed E-state index contributed by atoms with van der Waals surface area (Å²) in [5.74, 6) is -1.37. The zero-order valence-corrected chi connectivity index (χ0v) is 30.4. The van der Waals surface area contributed by atoms with Crippen LogP contribution in [0.2, 0.25) is 0 Å². The van der Waals surface area contributed by atoms with E-state index in [2.05, 4.69) is 12.1 Å². The van der Waals surface area contributed by atoms with Crippen LogP contribution in [0.1, 0.15) is 0 Å². The topological polar surface area (TPSA) is 32.8 Å². The highest BCUT2D eigenvalue weighted by Crippen LogP contribution is 2.44. The lowest BCUT2D eigenvalue weighted by Gasteiger charge is -2.25. The number of benzene rings is 9. The normalized spacial score (nSPS) is 11.8. The van der Waals surface area contributed by atoms with Crippen LogP contribution in [0.25, 0.3) is 65.4 Å². The van der Waals surface area contributed by atoms with Crippen molar-refractivity contribution < 1.29 is 26.4 Å². The summed E-state index contributed by atoms with van der Waals surface area (Å²) in [6, 6.07) is 49.2. The van der Waals surface area contributed by atoms with Crippen molar-refractivity contribution in [3.63, 3.8) is 0 Å². The van der Waals surface area contributed by atoms with Crippen LogP contribution in [0.5, 0.6) is 0 Å². The van der Waals surface area contributed by atoms with Crippen LogP contribution in [-0.4, -0.2) is 0 Å². The minimum Gasteiger partial charge on any atom is -0.456 e. The van der Waals surface area contributed by atoms with E-state index in [-0.39, 0.29) is 23.3 Å². The summed E-state index contributed by atoms with van der Waals surface area (Å²) in [6.45, 7) is 0. The van der Waals surface area contributed by atoms with Gasteiger partial charge >= 0.3 is 0 Å². The van der Waals surface area contributed by atoms with Gasteiger partial charge in [0.1, 0.15) is 45.6 Å². The molecular weight excluding hydrogens is 737 g/mol. The fourth-order valence-corrected chi connectivity index (χ4v) is 8.13. The Hall–Kier alpha value is -7.58. The third kappa shape index (κ3) is 5.60. The minimum atomic E-state index is -0.344. The highest BCUT2D eigenvalue weighted by atomic mass is 19.1. The lowest BCUT2D eigenvalue weighted by molar-refractivity contribution is 0.627. The largest absolute Gasteiger partial charge is 0.456 e. The van der Waals surface area contributed by atoms with Gasteiger partial charge in [-0.1, -0.05) is 12.1 Å². The van der Waals surface area contributed by atoms with Crippen LogP contribution >= 0.6 is 0 Å². The van der Waals surface area contributed by atoms with E-state index < -0.39 is 0 Å². The molecule has 0 amide bonds. The Bertz CT molecular complexity index is 3060. The minimum absolute atomic E-state index is 0.344. The van der Waals surface area contributed by atoms with Gasteiger partial charge in [0, 0.05) is 55.7 Å². The molecule has 2 aromatic heterocycles. The van der Waals surface area contributed by atoms with Gasteiger partial charge in [-0.05, 0) is 179 Å². The number of halogens is 4. The second kappa shape index (κ2) is 13.0. The SMILES string of the molecule is Fc1ccc(N(c2ccc(F)cc2)c2ccc3cc4c(cc3c2)oc2ccc3oc5cc6cc(N(c7ccc(F)cc7)c7ccc(F)cc7)ccc6cc5c3c24)cc1. The maximum Gasteiger partial charge on any atom is 0.136 e. The molecule has 0 saturated heterocycles. The van der Waals surface area contributed by atoms with Crippen LogP contribution in [0.15, 0.2) is 179 Å². The monoisotopic (exact) mass is 764 g/mol. The van der Waals surface area contributed by atoms with Crippen LogP contribution in [-0.2, 0) is 0 Å². The van der Waals surface area contributed by atoms with Crippen LogP contribution < -0.4 is 9.80 Å². The van der Waals surface area contributed by atoms with E-state index in [4.69, 9.17) is 8.83 Å². The molecule has 0 aliphatic carbocycles. The van der Waals surface area contributed by atoms with Crippen molar-refractivity contribution in [3.05, 3.63) is 193 Å². The first-order valence-electron chi connectivity index (χ1n) is 18.6. The maximum absolute atomic E-state index is 13.9. The van der Waals surface area contributed by atoms with Crippen molar-refractivity contribution >= 4 is 99.5 Å². The summed E-state index contributed by atoms with van der Waals surface area (Å²) in [6.07, 6.45) is 0. The number of furan rings is 2. The van der Waals surface area contributed by atoms with E-state index >= 15 is 0 Å². The standard InChI is InChI=1S/C50H28F4N2O2/c51-33-3-13-37(14-4-33)55(38-15-5-34(52)6-16-38)41-11-1-29-25-43-47(27-31(29)23-41)57-45-21-22-46-50(49(43)45)44-26-30-2-12-42(24-32(30)28-48(44)58-46)56(39-17-7-35(53)8-18-39)40-19-9-36(54)10-20-40/h1-28H. The van der Waals surface area contributed by atoms with Gasteiger partial charge in [-0.2, -0.15) is 0 Å². The third-order valence-electron chi connectivity index (χ3n) is 10.8. The van der Waals surface area contributed by atoms with Crippen molar-refractivity contribution in [2.75, 3.05) is 9.80 Å². The quantitative estimate of drug-likeness (QED) is 0.158. The molecule has 0 bridgehead atoms. The number of hydrogen-bond acceptors (Lipinski definition) is 4. The molecule has 278 valence electrons. The summed E-state index contributed by atoms with van der Waals surface area (Å²) in [7, 11) is 0. The molecule has 0 saturated carbocycles. The Kier molecular flexibility index (Phi) is 7.56. The summed E-state index contributed by atoms with van der Waals surface area (Å²) in [4.78, 5) is 3.91. The Morgan fingerprint density at radius 1 is 0.276 bits per heavy atom. The number of hydrogen-bond donors (Lipinski definition) is 0. The van der Waals surface area contributed by atoms with Gasteiger partial charge in [0.25, 0.3) is 0 Å². The Labute approximate surface area is 328 Å². The fraction of sp³-hybridized carbons (Fsp3) is 0. The smallest absolute Gasteiger partial charge is 0.136 e. The molecule has 11 rings (SSSR count). The predicted molar refractivity (Wildman–Crippen MR) is 225 cm³/mol. The van der Waals surface area contributed by atoms with Gasteiger partial charge in [0.05, 0.1) is 0 Å². The zero-order valence-electron chi connectivity index (χ0n) is 30.4. The van der Waals surface area contributed by atoms with E-state index in [1.54, 1.807) is 48.5 Å². The molecule has 8 heteroatoms. The van der Waals surface area contributed by atoms with Crippen LogP contribution in [0, 0.1) is 23.3 Å². The number of nitrogens with zero attached hydrogens (tertiary/aromatic N) is 2. The Morgan fingerprint density at radius 3 is 0.914 bits per heavy atom. The molecule has 0 radical (unpaired) electrons. The number of fused-ring (bicyclic) bond motifs is 9. The molecule has 0 aliphatic heterocycles. The van der Waals surface area contributed by atoms with Crippen molar-refractivity contribution in [2.45, 2.75) is 0 Å². The molecule has 0 atom stereocenters. The molecule has 0 fully saturated rings. The summed E-state index contributed by atoms with van der Waals surface area (Å²) in [5, 5.41) is 7.65. The first-order valence-corrected chi connectivity index (χ1v) is 18.6. The van der Waals surface area contributed by atoms with E-state index in [9.17, 15) is 17.6 Å². The van der Waals surface area contributed by atoms with Gasteiger partial charge in [-0.15, -0.1) is 0 Å². The van der Waals surface area contributed by atoms with Crippen molar-refractivity contribution in [3.8, 4) is 0 Å². The van der Waals surface area contributed by atoms with Crippen LogP contribution in [0.3, 0.4) is 0 Å². The molecule has 0 N–H and O–H groups in total. The molecule has 58 heavy (non-hydrogen) atoms. The van der Waals surface area contributed by atoms with E-state index in [0.29, 0.717) is 11.2 Å². The molecule has 9 aromatic carbocycles. The van der Waals surface area contributed by atoms with Crippen molar-refractivity contribution in [1.29, 1.82) is 0 Å². The summed E-state index contributed by atoms with van der Waals surface area (Å²) >= 11 is 0. The number of rotatable bonds is 6. The molecule has 0 unspecified atom stereocenters. The maximum atomic E-state index is 13.9. The van der Waals surface area contributed by atoms with Crippen molar-refractivity contribution in [2.24, 2.45) is 0 Å². The first kappa shape index (κ1) is 33.7. The zero-order chi connectivity index (χ0) is 39.1. The number of anilines is 6. The first-order chi connectivity index (χ1) is 28.3. The average molecular weight is 765 g/mol. The van der Waals surface area contributed by atoms with E-state index in [1.165, 1.54) is 48.5 Å². The highest BCUT2D eigenvalue weighted by molar-refractivity contribution is 6.27. The van der Waals surface area contributed by atoms with Gasteiger partial charge < -0.3 is 18.6 Å². The predicted octanol–water partition coefficient (Wildman–Crippen LogP) is 15.3. The second-order valence-electron chi connectivity index (χ2n) is 14.4. The van der Waals surface area contributed by atoms with Gasteiger partial charge in [0.15, 0.2) is 0 Å². The molecule has 11 aromatic rings. The highest BCUT2D eigenvalue weighted by Gasteiger charge is 2.20. The lowest BCUT2D eigenvalue weighted by Crippen LogP contribution is -2.10. The summed E-state index contributed by atoms with van der Waals surface area (Å²) in [5.41, 5.74) is 7.43. The fourth-order valence-electron chi connectivity index (χ4n) is 8.13. The van der Waals surface area contributed by atoms with Gasteiger partial charge in [-0.3, -0.25) is 0 Å². The Morgan fingerprint density at radius 2 is 0.586 bits per heavy atom. The Balaban J connectivity index is 1.04. The molecule has 0 aliphatic rings. The molecule has 4 nitrogen and oxygen atoms in total. The van der Waals surface area contributed by atoms with E-state index in [0.717, 1.165) is 88.4 Å². The van der Waals surface area contributed by atoms with Gasteiger partial charge in [-0.25, -0.2) is 17.6 Å².